The predicted molar refractivity (Wildman–Crippen MR) is 106 cm³/mol. The van der Waals surface area contributed by atoms with E-state index in [1.165, 1.54) is 23.1 Å². The van der Waals surface area contributed by atoms with Crippen LogP contribution in [0.25, 0.3) is 5.57 Å². The molecule has 1 aliphatic heterocycles. The lowest BCUT2D eigenvalue weighted by Crippen LogP contribution is -2.41. The first-order chi connectivity index (χ1) is 12.6. The van der Waals surface area contributed by atoms with Crippen LogP contribution in [0.3, 0.4) is 0 Å². The van der Waals surface area contributed by atoms with Crippen molar-refractivity contribution < 1.29 is 14.7 Å². The lowest BCUT2D eigenvalue weighted by molar-refractivity contribution is -0.139. The van der Waals surface area contributed by atoms with Crippen LogP contribution in [-0.4, -0.2) is 40.2 Å². The van der Waals surface area contributed by atoms with Crippen molar-refractivity contribution in [2.45, 2.75) is 51.0 Å². The van der Waals surface area contributed by atoms with E-state index < -0.39 is 0 Å². The summed E-state index contributed by atoms with van der Waals surface area (Å²) in [5.74, 6) is -0.0171. The van der Waals surface area contributed by atoms with Gasteiger partial charge in [0.25, 0.3) is 11.8 Å². The third kappa shape index (κ3) is 4.16. The summed E-state index contributed by atoms with van der Waals surface area (Å²) in [4.78, 5) is 28.2. The van der Waals surface area contributed by atoms with Crippen LogP contribution in [0.2, 0.25) is 5.02 Å². The highest BCUT2D eigenvalue weighted by molar-refractivity contribution is 8.04. The number of aliphatic hydroxyl groups excluding tert-OH is 1. The number of carbonyl (C=O) groups excluding carboxylic acids is 2. The Morgan fingerprint density at radius 3 is 2.23 bits per heavy atom. The zero-order valence-electron chi connectivity index (χ0n) is 14.7. The highest BCUT2D eigenvalue weighted by Gasteiger charge is 2.42. The van der Waals surface area contributed by atoms with Crippen LogP contribution in [-0.2, 0) is 9.59 Å². The van der Waals surface area contributed by atoms with Crippen LogP contribution >= 0.6 is 23.4 Å². The van der Waals surface area contributed by atoms with Crippen molar-refractivity contribution >= 4 is 40.8 Å². The monoisotopic (exact) mass is 393 g/mol. The van der Waals surface area contributed by atoms with Gasteiger partial charge in [-0.2, -0.15) is 0 Å². The first kappa shape index (κ1) is 19.5. The molecule has 0 atom stereocenters. The maximum atomic E-state index is 13.2. The summed E-state index contributed by atoms with van der Waals surface area (Å²) >= 11 is 7.24. The van der Waals surface area contributed by atoms with Crippen molar-refractivity contribution in [2.75, 3.05) is 12.4 Å². The number of amides is 2. The van der Waals surface area contributed by atoms with Gasteiger partial charge in [0.1, 0.15) is 0 Å². The van der Waals surface area contributed by atoms with Crippen LogP contribution < -0.4 is 0 Å². The van der Waals surface area contributed by atoms with E-state index in [1.54, 1.807) is 24.3 Å². The zero-order valence-corrected chi connectivity index (χ0v) is 16.3. The number of halogens is 1. The standard InChI is InChI=1S/C20H24ClNO3S/c21-15-10-8-14(9-11-15)17-18(26-13-12-23)20(25)22(19(17)24)16-6-4-2-1-3-5-7-16/h8-11,16,23H,1-7,12-13H2. The third-order valence-electron chi connectivity index (χ3n) is 4.98. The highest BCUT2D eigenvalue weighted by atomic mass is 35.5. The molecular formula is C20H24ClNO3S. The molecule has 2 amide bonds. The van der Waals surface area contributed by atoms with Crippen molar-refractivity contribution in [3.05, 3.63) is 39.8 Å². The van der Waals surface area contributed by atoms with Crippen LogP contribution in [0.15, 0.2) is 29.2 Å². The van der Waals surface area contributed by atoms with Gasteiger partial charge < -0.3 is 5.11 Å². The van der Waals surface area contributed by atoms with Crippen molar-refractivity contribution in [1.82, 2.24) is 4.90 Å². The average molecular weight is 394 g/mol. The average Bonchev–Trinajstić information content (AvgIpc) is 2.84. The Bertz CT molecular complexity index is 694. The number of carbonyl (C=O) groups is 2. The largest absolute Gasteiger partial charge is 0.396 e. The van der Waals surface area contributed by atoms with Gasteiger partial charge in [0.2, 0.25) is 0 Å². The minimum Gasteiger partial charge on any atom is -0.396 e. The Balaban J connectivity index is 1.92. The fourth-order valence-electron chi connectivity index (χ4n) is 3.70. The summed E-state index contributed by atoms with van der Waals surface area (Å²) in [5.41, 5.74) is 1.16. The number of benzene rings is 1. The molecule has 140 valence electrons. The second-order valence-electron chi connectivity index (χ2n) is 6.76. The van der Waals surface area contributed by atoms with Crippen LogP contribution in [0.1, 0.15) is 50.5 Å². The second kappa shape index (κ2) is 9.07. The smallest absolute Gasteiger partial charge is 0.268 e. The van der Waals surface area contributed by atoms with Gasteiger partial charge in [-0.3, -0.25) is 14.5 Å². The van der Waals surface area contributed by atoms with E-state index in [0.29, 0.717) is 26.8 Å². The van der Waals surface area contributed by atoms with Gasteiger partial charge in [-0.25, -0.2) is 0 Å². The van der Waals surface area contributed by atoms with Crippen molar-refractivity contribution in [3.63, 3.8) is 0 Å². The minimum atomic E-state index is -0.205. The molecular weight excluding hydrogens is 370 g/mol. The Morgan fingerprint density at radius 2 is 1.62 bits per heavy atom. The Labute approximate surface area is 163 Å². The molecule has 0 bridgehead atoms. The van der Waals surface area contributed by atoms with E-state index in [1.807, 2.05) is 0 Å². The fraction of sp³-hybridized carbons (Fsp3) is 0.500. The lowest BCUT2D eigenvalue weighted by atomic mass is 9.95. The Morgan fingerprint density at radius 1 is 1.00 bits per heavy atom. The molecule has 0 unspecified atom stereocenters. The maximum absolute atomic E-state index is 13.2. The van der Waals surface area contributed by atoms with Crippen LogP contribution in [0, 0.1) is 0 Å². The van der Waals surface area contributed by atoms with E-state index in [2.05, 4.69) is 0 Å². The van der Waals surface area contributed by atoms with Gasteiger partial charge in [-0.15, -0.1) is 11.8 Å². The summed E-state index contributed by atoms with van der Waals surface area (Å²) in [6.45, 7) is -0.0348. The second-order valence-corrected chi connectivity index (χ2v) is 8.30. The number of hydrogen-bond acceptors (Lipinski definition) is 4. The molecule has 6 heteroatoms. The van der Waals surface area contributed by atoms with Crippen molar-refractivity contribution in [1.29, 1.82) is 0 Å². The maximum Gasteiger partial charge on any atom is 0.268 e. The van der Waals surface area contributed by atoms with E-state index in [9.17, 15) is 14.7 Å². The summed E-state index contributed by atoms with van der Waals surface area (Å²) in [7, 11) is 0. The molecule has 0 aromatic heterocycles. The molecule has 0 spiro atoms. The summed E-state index contributed by atoms with van der Waals surface area (Å²) in [6.07, 6.45) is 7.42. The first-order valence-electron chi connectivity index (χ1n) is 9.25. The van der Waals surface area contributed by atoms with Crippen LogP contribution in [0.4, 0.5) is 0 Å². The highest BCUT2D eigenvalue weighted by Crippen LogP contribution is 2.39. The molecule has 0 radical (unpaired) electrons. The van der Waals surface area contributed by atoms with Crippen molar-refractivity contribution in [3.8, 4) is 0 Å². The summed E-state index contributed by atoms with van der Waals surface area (Å²) in [6, 6.07) is 7.00. The van der Waals surface area contributed by atoms with E-state index in [-0.39, 0.29) is 24.5 Å². The SMILES string of the molecule is O=C1C(SCCO)=C(c2ccc(Cl)cc2)C(=O)N1C1CCCCCCC1. The number of thioether (sulfide) groups is 1. The lowest BCUT2D eigenvalue weighted by Gasteiger charge is -2.28. The Kier molecular flexibility index (Phi) is 6.79. The molecule has 1 N–H and O–H groups in total. The van der Waals surface area contributed by atoms with E-state index in [4.69, 9.17) is 11.6 Å². The Hall–Kier alpha value is -1.30. The fourth-order valence-corrected chi connectivity index (χ4v) is 4.70. The van der Waals surface area contributed by atoms with E-state index in [0.717, 1.165) is 38.5 Å². The van der Waals surface area contributed by atoms with Gasteiger partial charge >= 0.3 is 0 Å². The predicted octanol–water partition coefficient (Wildman–Crippen LogP) is 4.26. The van der Waals surface area contributed by atoms with E-state index >= 15 is 0 Å². The number of nitrogens with zero attached hydrogens (tertiary/aromatic N) is 1. The van der Waals surface area contributed by atoms with Gasteiger partial charge in [0.15, 0.2) is 0 Å². The number of imide groups is 1. The summed E-state index contributed by atoms with van der Waals surface area (Å²) in [5, 5.41) is 9.77. The molecule has 1 saturated carbocycles. The van der Waals surface area contributed by atoms with Gasteiger partial charge in [-0.05, 0) is 30.5 Å². The number of aliphatic hydroxyl groups is 1. The molecule has 1 fully saturated rings. The molecule has 1 aromatic carbocycles. The zero-order chi connectivity index (χ0) is 18.5. The van der Waals surface area contributed by atoms with Crippen molar-refractivity contribution in [2.24, 2.45) is 0 Å². The molecule has 1 aliphatic carbocycles. The van der Waals surface area contributed by atoms with Gasteiger partial charge in [0.05, 0.1) is 17.1 Å². The topological polar surface area (TPSA) is 57.6 Å². The first-order valence-corrected chi connectivity index (χ1v) is 10.6. The molecule has 1 heterocycles. The number of rotatable bonds is 5. The minimum absolute atomic E-state index is 0.0233. The molecule has 2 aliphatic rings. The third-order valence-corrected chi connectivity index (χ3v) is 6.29. The molecule has 26 heavy (non-hydrogen) atoms. The molecule has 3 rings (SSSR count). The normalized spacial score (nSPS) is 19.8. The molecule has 4 nitrogen and oxygen atoms in total. The molecule has 0 saturated heterocycles. The number of hydrogen-bond donors (Lipinski definition) is 1. The molecule has 1 aromatic rings. The van der Waals surface area contributed by atoms with Gasteiger partial charge in [0, 0.05) is 16.8 Å². The quantitative estimate of drug-likeness (QED) is 0.759. The summed E-state index contributed by atoms with van der Waals surface area (Å²) < 4.78 is 0. The van der Waals surface area contributed by atoms with Crippen LogP contribution in [0.5, 0.6) is 0 Å². The van der Waals surface area contributed by atoms with Gasteiger partial charge in [-0.1, -0.05) is 55.8 Å².